The summed E-state index contributed by atoms with van der Waals surface area (Å²) in [5.74, 6) is 0.379. The number of aryl methyl sites for hydroxylation is 1. The van der Waals surface area contributed by atoms with Crippen LogP contribution in [0, 0.1) is 12.7 Å². The molecule has 3 aromatic carbocycles. The fourth-order valence-corrected chi connectivity index (χ4v) is 4.29. The summed E-state index contributed by atoms with van der Waals surface area (Å²) in [5.41, 5.74) is 17.2. The molecule has 0 saturated heterocycles. The molecule has 0 unspecified atom stereocenters. The maximum absolute atomic E-state index is 13.9. The Balaban J connectivity index is 1.44. The molecule has 8 heteroatoms. The number of nitrogens with one attached hydrogen (secondary N) is 1. The van der Waals surface area contributed by atoms with E-state index in [1.807, 2.05) is 19.1 Å². The third-order valence-corrected chi connectivity index (χ3v) is 6.20. The fourth-order valence-electron chi connectivity index (χ4n) is 4.29. The van der Waals surface area contributed by atoms with Crippen molar-refractivity contribution in [1.29, 1.82) is 0 Å². The molecule has 2 heterocycles. The van der Waals surface area contributed by atoms with Crippen LogP contribution in [0.25, 0.3) is 16.6 Å². The van der Waals surface area contributed by atoms with Crippen LogP contribution in [0.2, 0.25) is 0 Å². The van der Waals surface area contributed by atoms with Gasteiger partial charge in [-0.15, -0.1) is 0 Å². The molecule has 0 radical (unpaired) electrons. The molecule has 5 N–H and O–H groups in total. The second-order valence-corrected chi connectivity index (χ2v) is 9.07. The Morgan fingerprint density at radius 1 is 1.08 bits per heavy atom. The molecule has 5 rings (SSSR count). The van der Waals surface area contributed by atoms with Crippen LogP contribution in [0.1, 0.15) is 46.9 Å². The Morgan fingerprint density at radius 3 is 2.58 bits per heavy atom. The molecule has 0 atom stereocenters. The normalized spacial score (nSPS) is 11.4. The molecule has 0 spiro atoms. The number of rotatable bonds is 6. The molecule has 0 saturated carbocycles. The lowest BCUT2D eigenvalue weighted by Gasteiger charge is -2.12. The van der Waals surface area contributed by atoms with Gasteiger partial charge in [-0.25, -0.2) is 9.07 Å². The highest BCUT2D eigenvalue weighted by Gasteiger charge is 2.21. The number of carbonyl (C=O) groups excluding carboxylic acids is 1. The Hall–Kier alpha value is -4.59. The fraction of sp³-hybridized carbons (Fsp3) is 0.143. The first-order chi connectivity index (χ1) is 17.2. The number of nitrogen functional groups attached to an aromatic ring is 2. The Kier molecular flexibility index (Phi) is 5.72. The quantitative estimate of drug-likeness (QED) is 0.199. The average molecular weight is 484 g/mol. The average Bonchev–Trinajstić information content (AvgIpc) is 3.42. The number of aromatic amines is 1. The van der Waals surface area contributed by atoms with Crippen molar-refractivity contribution in [1.82, 2.24) is 14.8 Å². The number of benzene rings is 3. The highest BCUT2D eigenvalue weighted by Crippen LogP contribution is 2.31. The first-order valence-electron chi connectivity index (χ1n) is 11.6. The standard InChI is InChI=1S/C28H26FN5O2/c1-15(2)19-11-17-12-24(33-23(17)13-22(19)30)27(35)20-14-32-34(28(20)31)25-9-8-18(10-16(25)3)36-26-7-5-4-6-21(26)29/h4-15,33H,30-31H2,1-3H3. The smallest absolute Gasteiger partial charge is 0.214 e. The molecule has 2 aromatic heterocycles. The van der Waals surface area contributed by atoms with E-state index in [-0.39, 0.29) is 28.8 Å². The number of carbonyl (C=O) groups is 1. The van der Waals surface area contributed by atoms with Gasteiger partial charge in [-0.2, -0.15) is 5.10 Å². The molecule has 0 bridgehead atoms. The number of nitrogens with two attached hydrogens (primary N) is 2. The third kappa shape index (κ3) is 4.07. The summed E-state index contributed by atoms with van der Waals surface area (Å²) in [6.07, 6.45) is 1.46. The topological polar surface area (TPSA) is 112 Å². The number of aromatic nitrogens is 3. The van der Waals surface area contributed by atoms with Crippen molar-refractivity contribution in [3.8, 4) is 17.2 Å². The lowest BCUT2D eigenvalue weighted by atomic mass is 9.99. The molecule has 0 aliphatic rings. The maximum Gasteiger partial charge on any atom is 0.214 e. The summed E-state index contributed by atoms with van der Waals surface area (Å²) in [6.45, 7) is 6.01. The number of H-pyrrole nitrogens is 1. The van der Waals surface area contributed by atoms with Crippen molar-refractivity contribution in [3.63, 3.8) is 0 Å². The van der Waals surface area contributed by atoms with Gasteiger partial charge < -0.3 is 21.2 Å². The molecule has 0 amide bonds. The first kappa shape index (κ1) is 23.2. The highest BCUT2D eigenvalue weighted by molar-refractivity contribution is 6.12. The van der Waals surface area contributed by atoms with E-state index < -0.39 is 5.82 Å². The van der Waals surface area contributed by atoms with Crippen LogP contribution in [-0.4, -0.2) is 20.5 Å². The lowest BCUT2D eigenvalue weighted by molar-refractivity contribution is 0.103. The number of fused-ring (bicyclic) bond motifs is 1. The Morgan fingerprint density at radius 2 is 1.86 bits per heavy atom. The number of anilines is 2. The minimum absolute atomic E-state index is 0.136. The molecule has 0 aliphatic heterocycles. The molecule has 0 aliphatic carbocycles. The van der Waals surface area contributed by atoms with E-state index in [0.717, 1.165) is 22.0 Å². The number of para-hydroxylation sites is 1. The van der Waals surface area contributed by atoms with E-state index in [0.29, 0.717) is 22.8 Å². The largest absolute Gasteiger partial charge is 0.454 e. The zero-order chi connectivity index (χ0) is 25.6. The first-order valence-corrected chi connectivity index (χ1v) is 11.6. The van der Waals surface area contributed by atoms with Crippen LogP contribution in [0.4, 0.5) is 15.9 Å². The molecular formula is C28H26FN5O2. The summed E-state index contributed by atoms with van der Waals surface area (Å²) in [7, 11) is 0. The van der Waals surface area contributed by atoms with Gasteiger partial charge in [-0.1, -0.05) is 26.0 Å². The zero-order valence-corrected chi connectivity index (χ0v) is 20.2. The van der Waals surface area contributed by atoms with Gasteiger partial charge in [0.05, 0.1) is 23.1 Å². The van der Waals surface area contributed by atoms with E-state index in [9.17, 15) is 9.18 Å². The van der Waals surface area contributed by atoms with Gasteiger partial charge in [0.25, 0.3) is 0 Å². The molecule has 0 fully saturated rings. The minimum atomic E-state index is -0.446. The number of hydrogen-bond donors (Lipinski definition) is 3. The monoisotopic (exact) mass is 483 g/mol. The lowest BCUT2D eigenvalue weighted by Crippen LogP contribution is -2.08. The van der Waals surface area contributed by atoms with Crippen LogP contribution in [0.3, 0.4) is 0 Å². The predicted molar refractivity (Wildman–Crippen MR) is 139 cm³/mol. The number of halogens is 1. The van der Waals surface area contributed by atoms with Crippen molar-refractivity contribution in [2.24, 2.45) is 0 Å². The summed E-state index contributed by atoms with van der Waals surface area (Å²) >= 11 is 0. The van der Waals surface area contributed by atoms with Crippen LogP contribution in [0.5, 0.6) is 11.5 Å². The van der Waals surface area contributed by atoms with Crippen LogP contribution < -0.4 is 16.2 Å². The van der Waals surface area contributed by atoms with Gasteiger partial charge in [0.2, 0.25) is 5.78 Å². The SMILES string of the molecule is Cc1cc(Oc2ccccc2F)ccc1-n1ncc(C(=O)c2cc3cc(C(C)C)c(N)cc3[nH]2)c1N. The predicted octanol–water partition coefficient (Wildman–Crippen LogP) is 6.11. The van der Waals surface area contributed by atoms with Gasteiger partial charge in [-0.3, -0.25) is 4.79 Å². The van der Waals surface area contributed by atoms with Crippen molar-refractivity contribution >= 4 is 28.2 Å². The van der Waals surface area contributed by atoms with Gasteiger partial charge in [0, 0.05) is 16.6 Å². The Bertz CT molecular complexity index is 1620. The summed E-state index contributed by atoms with van der Waals surface area (Å²) in [6, 6.07) is 17.1. The second-order valence-electron chi connectivity index (χ2n) is 9.07. The minimum Gasteiger partial charge on any atom is -0.454 e. The van der Waals surface area contributed by atoms with Gasteiger partial charge >= 0.3 is 0 Å². The van der Waals surface area contributed by atoms with Crippen LogP contribution >= 0.6 is 0 Å². The van der Waals surface area contributed by atoms with Gasteiger partial charge in [-0.05, 0) is 72.5 Å². The molecule has 36 heavy (non-hydrogen) atoms. The van der Waals surface area contributed by atoms with E-state index in [4.69, 9.17) is 16.2 Å². The van der Waals surface area contributed by atoms with Crippen molar-refractivity contribution in [3.05, 3.63) is 95.1 Å². The van der Waals surface area contributed by atoms with Crippen LogP contribution in [-0.2, 0) is 0 Å². The summed E-state index contributed by atoms with van der Waals surface area (Å²) < 4.78 is 21.1. The second kappa shape index (κ2) is 8.88. The van der Waals surface area contributed by atoms with E-state index in [1.165, 1.54) is 16.9 Å². The molecule has 7 nitrogen and oxygen atoms in total. The van der Waals surface area contributed by atoms with E-state index in [1.54, 1.807) is 42.5 Å². The summed E-state index contributed by atoms with van der Waals surface area (Å²) in [4.78, 5) is 16.5. The number of ether oxygens (including phenoxy) is 1. The van der Waals surface area contributed by atoms with Gasteiger partial charge in [0.1, 0.15) is 11.6 Å². The van der Waals surface area contributed by atoms with Crippen molar-refractivity contribution in [2.45, 2.75) is 26.7 Å². The van der Waals surface area contributed by atoms with Crippen molar-refractivity contribution < 1.29 is 13.9 Å². The number of nitrogens with zero attached hydrogens (tertiary/aromatic N) is 2. The van der Waals surface area contributed by atoms with Crippen molar-refractivity contribution in [2.75, 3.05) is 11.5 Å². The molecule has 5 aromatic rings. The third-order valence-electron chi connectivity index (χ3n) is 6.20. The van der Waals surface area contributed by atoms with Gasteiger partial charge in [0.15, 0.2) is 11.6 Å². The van der Waals surface area contributed by atoms with E-state index in [2.05, 4.69) is 23.9 Å². The molecule has 182 valence electrons. The zero-order valence-electron chi connectivity index (χ0n) is 20.2. The maximum atomic E-state index is 13.9. The Labute approximate surface area is 207 Å². The molecular weight excluding hydrogens is 457 g/mol. The van der Waals surface area contributed by atoms with Crippen LogP contribution in [0.15, 0.2) is 66.9 Å². The number of hydrogen-bond acceptors (Lipinski definition) is 5. The highest BCUT2D eigenvalue weighted by atomic mass is 19.1. The van der Waals surface area contributed by atoms with E-state index >= 15 is 0 Å². The number of ketones is 1. The summed E-state index contributed by atoms with van der Waals surface area (Å²) in [5, 5.41) is 5.27.